The van der Waals surface area contributed by atoms with E-state index in [1.54, 1.807) is 13.8 Å². The van der Waals surface area contributed by atoms with Gasteiger partial charge in [-0.05, 0) is 25.5 Å². The summed E-state index contributed by atoms with van der Waals surface area (Å²) in [7, 11) is 0. The lowest BCUT2D eigenvalue weighted by Gasteiger charge is -2.32. The van der Waals surface area contributed by atoms with Crippen LogP contribution < -0.4 is 0 Å². The van der Waals surface area contributed by atoms with E-state index < -0.39 is 24.3 Å². The Hall–Kier alpha value is -1.98. The molecule has 1 unspecified atom stereocenters. The summed E-state index contributed by atoms with van der Waals surface area (Å²) in [5.41, 5.74) is -0.0970. The first-order valence-corrected chi connectivity index (χ1v) is 6.15. The molecule has 1 amide bonds. The topological polar surface area (TPSA) is 57.6 Å². The highest BCUT2D eigenvalue weighted by molar-refractivity contribution is 5.83. The number of rotatable bonds is 5. The quantitative estimate of drug-likeness (QED) is 0.904. The Kier molecular flexibility index (Phi) is 5.19. The number of carboxylic acid groups (broad SMARTS) is 1. The van der Waals surface area contributed by atoms with Gasteiger partial charge in [0.05, 0.1) is 0 Å². The lowest BCUT2D eigenvalue weighted by atomic mass is 10.0. The number of benzene rings is 1. The number of amides is 1. The molecule has 0 aromatic heterocycles. The third-order valence-electron chi connectivity index (χ3n) is 2.91. The normalized spacial score (nSPS) is 12.6. The van der Waals surface area contributed by atoms with Gasteiger partial charge >= 0.3 is 5.97 Å². The predicted molar refractivity (Wildman–Crippen MR) is 69.4 cm³/mol. The Bertz CT molecular complexity index is 503. The molecule has 110 valence electrons. The van der Waals surface area contributed by atoms with Crippen molar-refractivity contribution in [2.45, 2.75) is 39.3 Å². The van der Waals surface area contributed by atoms with E-state index >= 15 is 0 Å². The van der Waals surface area contributed by atoms with Gasteiger partial charge in [-0.15, -0.1) is 0 Å². The van der Waals surface area contributed by atoms with Gasteiger partial charge in [0.15, 0.2) is 6.04 Å². The number of aliphatic carboxylic acids is 1. The van der Waals surface area contributed by atoms with Crippen LogP contribution in [0, 0.1) is 0 Å². The highest BCUT2D eigenvalue weighted by Gasteiger charge is 2.31. The van der Waals surface area contributed by atoms with Crippen molar-refractivity contribution in [3.8, 4) is 0 Å². The van der Waals surface area contributed by atoms with Crippen molar-refractivity contribution in [1.82, 2.24) is 4.90 Å². The van der Waals surface area contributed by atoms with Crippen LogP contribution in [0.2, 0.25) is 0 Å². The lowest BCUT2D eigenvalue weighted by molar-refractivity contribution is -0.151. The summed E-state index contributed by atoms with van der Waals surface area (Å²) in [6.45, 7) is 4.61. The van der Waals surface area contributed by atoms with Crippen LogP contribution in [-0.4, -0.2) is 27.9 Å². The fraction of sp³-hybridized carbons (Fsp3) is 0.429. The fourth-order valence-electron chi connectivity index (χ4n) is 2.13. The molecule has 1 atom stereocenters. The molecular weight excluding hydrogens is 268 g/mol. The zero-order valence-corrected chi connectivity index (χ0v) is 11.5. The molecule has 0 radical (unpaired) electrons. The summed E-state index contributed by atoms with van der Waals surface area (Å²) in [6, 6.07) is 3.52. The number of alkyl halides is 2. The molecule has 0 spiro atoms. The highest BCUT2D eigenvalue weighted by atomic mass is 19.3. The highest BCUT2D eigenvalue weighted by Crippen LogP contribution is 2.27. The molecule has 1 rings (SSSR count). The van der Waals surface area contributed by atoms with Gasteiger partial charge in [0.2, 0.25) is 5.91 Å². The molecule has 4 nitrogen and oxygen atoms in total. The Morgan fingerprint density at radius 1 is 1.20 bits per heavy atom. The summed E-state index contributed by atoms with van der Waals surface area (Å²) in [5, 5.41) is 9.34. The minimum atomic E-state index is -2.69. The van der Waals surface area contributed by atoms with Crippen LogP contribution in [0.1, 0.15) is 44.4 Å². The minimum absolute atomic E-state index is 0.166. The van der Waals surface area contributed by atoms with Gasteiger partial charge in [-0.3, -0.25) is 4.79 Å². The number of carboxylic acids is 1. The largest absolute Gasteiger partial charge is 0.479 e. The van der Waals surface area contributed by atoms with Crippen LogP contribution in [0.5, 0.6) is 0 Å². The van der Waals surface area contributed by atoms with E-state index in [2.05, 4.69) is 0 Å². The Balaban J connectivity index is 3.30. The second-order valence-corrected chi connectivity index (χ2v) is 4.73. The van der Waals surface area contributed by atoms with E-state index in [1.807, 2.05) is 0 Å². The molecule has 0 aliphatic carbocycles. The third-order valence-corrected chi connectivity index (χ3v) is 2.91. The minimum Gasteiger partial charge on any atom is -0.479 e. The summed E-state index contributed by atoms with van der Waals surface area (Å²) < 4.78 is 25.4. The van der Waals surface area contributed by atoms with Crippen molar-refractivity contribution in [1.29, 1.82) is 0 Å². The molecule has 1 N–H and O–H groups in total. The van der Waals surface area contributed by atoms with Crippen LogP contribution in [-0.2, 0) is 9.59 Å². The average Bonchev–Trinajstić information content (AvgIpc) is 2.34. The van der Waals surface area contributed by atoms with Crippen molar-refractivity contribution in [3.05, 3.63) is 35.4 Å². The van der Waals surface area contributed by atoms with Gasteiger partial charge in [0, 0.05) is 18.5 Å². The Labute approximate surface area is 116 Å². The first-order valence-electron chi connectivity index (χ1n) is 6.15. The number of carbonyl (C=O) groups is 2. The fourth-order valence-corrected chi connectivity index (χ4v) is 2.13. The molecule has 20 heavy (non-hydrogen) atoms. The van der Waals surface area contributed by atoms with Gasteiger partial charge in [0.1, 0.15) is 0 Å². The van der Waals surface area contributed by atoms with Gasteiger partial charge in [0.25, 0.3) is 6.43 Å². The molecule has 0 aliphatic rings. The van der Waals surface area contributed by atoms with Crippen LogP contribution in [0.3, 0.4) is 0 Å². The van der Waals surface area contributed by atoms with E-state index in [9.17, 15) is 23.5 Å². The standard InChI is InChI=1S/C14H17F2NO3/c1-8(2)17(9(3)18)12(14(19)20)10-5-4-6-11(7-10)13(15)16/h4-8,12-13H,1-3H3,(H,19,20). The van der Waals surface area contributed by atoms with Crippen molar-refractivity contribution < 1.29 is 23.5 Å². The zero-order valence-electron chi connectivity index (χ0n) is 11.5. The summed E-state index contributed by atoms with van der Waals surface area (Å²) in [5.74, 6) is -1.67. The average molecular weight is 285 g/mol. The van der Waals surface area contributed by atoms with Crippen molar-refractivity contribution in [3.63, 3.8) is 0 Å². The van der Waals surface area contributed by atoms with Crippen LogP contribution in [0.4, 0.5) is 8.78 Å². The van der Waals surface area contributed by atoms with Crippen molar-refractivity contribution >= 4 is 11.9 Å². The van der Waals surface area contributed by atoms with E-state index in [1.165, 1.54) is 25.1 Å². The lowest BCUT2D eigenvalue weighted by Crippen LogP contribution is -2.42. The number of carbonyl (C=O) groups excluding carboxylic acids is 1. The molecule has 1 aromatic rings. The Morgan fingerprint density at radius 2 is 1.75 bits per heavy atom. The van der Waals surface area contributed by atoms with E-state index in [-0.39, 0.29) is 17.2 Å². The molecule has 1 aromatic carbocycles. The maximum absolute atomic E-state index is 12.7. The number of hydrogen-bond acceptors (Lipinski definition) is 2. The number of hydrogen-bond donors (Lipinski definition) is 1. The molecule has 0 bridgehead atoms. The molecule has 6 heteroatoms. The predicted octanol–water partition coefficient (Wildman–Crippen LogP) is 3.01. The second-order valence-electron chi connectivity index (χ2n) is 4.73. The zero-order chi connectivity index (χ0) is 15.4. The van der Waals surface area contributed by atoms with E-state index in [4.69, 9.17) is 0 Å². The Morgan fingerprint density at radius 3 is 2.15 bits per heavy atom. The molecule has 0 saturated carbocycles. The maximum atomic E-state index is 12.7. The molecule has 0 fully saturated rings. The summed E-state index contributed by atoms with van der Waals surface area (Å²) in [6.07, 6.45) is -2.69. The smallest absolute Gasteiger partial charge is 0.331 e. The first kappa shape index (κ1) is 16.1. The van der Waals surface area contributed by atoms with Gasteiger partial charge in [-0.1, -0.05) is 18.2 Å². The monoisotopic (exact) mass is 285 g/mol. The molecule has 0 aliphatic heterocycles. The van der Waals surface area contributed by atoms with Gasteiger partial charge < -0.3 is 10.0 Å². The van der Waals surface area contributed by atoms with Crippen LogP contribution in [0.25, 0.3) is 0 Å². The summed E-state index contributed by atoms with van der Waals surface area (Å²) in [4.78, 5) is 24.2. The summed E-state index contributed by atoms with van der Waals surface area (Å²) >= 11 is 0. The van der Waals surface area contributed by atoms with Crippen LogP contribution >= 0.6 is 0 Å². The van der Waals surface area contributed by atoms with Gasteiger partial charge in [-0.25, -0.2) is 13.6 Å². The van der Waals surface area contributed by atoms with Crippen LogP contribution in [0.15, 0.2) is 24.3 Å². The number of halogens is 2. The maximum Gasteiger partial charge on any atom is 0.331 e. The number of nitrogens with zero attached hydrogens (tertiary/aromatic N) is 1. The second kappa shape index (κ2) is 6.45. The molecule has 0 saturated heterocycles. The molecule has 0 heterocycles. The van der Waals surface area contributed by atoms with E-state index in [0.717, 1.165) is 11.0 Å². The third kappa shape index (κ3) is 3.53. The van der Waals surface area contributed by atoms with E-state index in [0.29, 0.717) is 0 Å². The molecular formula is C14H17F2NO3. The van der Waals surface area contributed by atoms with Crippen molar-refractivity contribution in [2.75, 3.05) is 0 Å². The SMILES string of the molecule is CC(=O)N(C(C)C)C(C(=O)O)c1cccc(C(F)F)c1. The van der Waals surface area contributed by atoms with Crippen molar-refractivity contribution in [2.24, 2.45) is 0 Å². The van der Waals surface area contributed by atoms with Gasteiger partial charge in [-0.2, -0.15) is 0 Å². The first-order chi connectivity index (χ1) is 9.25.